The van der Waals surface area contributed by atoms with E-state index in [1.54, 1.807) is 0 Å². The fourth-order valence-electron chi connectivity index (χ4n) is 9.50. The third kappa shape index (κ3) is 4.44. The lowest BCUT2D eigenvalue weighted by Crippen LogP contribution is -1.97. The van der Waals surface area contributed by atoms with Gasteiger partial charge in [-0.05, 0) is 104 Å². The van der Waals surface area contributed by atoms with Crippen LogP contribution in [0.4, 0.5) is 0 Å². The third-order valence-corrected chi connectivity index (χ3v) is 11.9. The van der Waals surface area contributed by atoms with Crippen molar-refractivity contribution in [1.82, 2.24) is 9.13 Å². The van der Waals surface area contributed by atoms with Crippen molar-refractivity contribution < 1.29 is 0 Å². The summed E-state index contributed by atoms with van der Waals surface area (Å²) in [4.78, 5) is 0. The fourth-order valence-corrected chi connectivity index (χ4v) is 9.50. The molecule has 0 aliphatic carbocycles. The summed E-state index contributed by atoms with van der Waals surface area (Å²) in [6, 6.07) is 75.7. The maximum Gasteiger partial charge on any atom is 0.0547 e. The van der Waals surface area contributed by atoms with Crippen molar-refractivity contribution in [2.45, 2.75) is 0 Å². The molecule has 0 fully saturated rings. The molecule has 2 heterocycles. The molecule has 2 aromatic heterocycles. The van der Waals surface area contributed by atoms with Crippen molar-refractivity contribution in [3.8, 4) is 33.6 Å². The van der Waals surface area contributed by atoms with Crippen LogP contribution < -0.4 is 0 Å². The molecule has 2 nitrogen and oxygen atoms in total. The second-order valence-corrected chi connectivity index (χ2v) is 14.8. The summed E-state index contributed by atoms with van der Waals surface area (Å²) in [5, 5.41) is 12.7. The van der Waals surface area contributed by atoms with Gasteiger partial charge in [0.15, 0.2) is 0 Å². The molecule has 10 aromatic carbocycles. The Bertz CT molecular complexity index is 3470. The van der Waals surface area contributed by atoms with Gasteiger partial charge in [-0.15, -0.1) is 0 Å². The minimum absolute atomic E-state index is 1.17. The Morgan fingerprint density at radius 2 is 0.696 bits per heavy atom. The van der Waals surface area contributed by atoms with Crippen LogP contribution in [-0.4, -0.2) is 9.13 Å². The lowest BCUT2D eigenvalue weighted by atomic mass is 9.89. The highest BCUT2D eigenvalue weighted by Gasteiger charge is 2.20. The molecule has 0 bridgehead atoms. The second kappa shape index (κ2) is 12.0. The molecular formula is C54H34N2. The molecule has 0 amide bonds. The van der Waals surface area contributed by atoms with Crippen molar-refractivity contribution in [2.24, 2.45) is 0 Å². The number of hydrogen-bond donors (Lipinski definition) is 0. The summed E-state index contributed by atoms with van der Waals surface area (Å²) in [7, 11) is 0. The van der Waals surface area contributed by atoms with Gasteiger partial charge in [0, 0.05) is 32.6 Å². The first-order valence-corrected chi connectivity index (χ1v) is 19.4. The van der Waals surface area contributed by atoms with Crippen molar-refractivity contribution in [1.29, 1.82) is 0 Å². The van der Waals surface area contributed by atoms with Gasteiger partial charge in [0.05, 0.1) is 27.8 Å². The molecule has 0 saturated heterocycles. The van der Waals surface area contributed by atoms with Crippen LogP contribution in [0.3, 0.4) is 0 Å². The minimum Gasteiger partial charge on any atom is -0.309 e. The standard InChI is InChI=1S/C54H34N2/c1-3-15-35(16-4-1)39-23-13-24-43-45-25-14-28-52(54(45)44-22-8-7-21-42(44)53(39)43)56-49-27-12-10-20-41(49)47-34-37(30-32-51(47)56)36-29-31-50-46(33-36)40-19-9-11-26-48(40)55(50)38-17-5-2-6-18-38/h1-34H. The molecule has 12 aromatic rings. The molecule has 0 aliphatic rings. The Labute approximate surface area is 323 Å². The number of benzene rings is 10. The van der Waals surface area contributed by atoms with Crippen molar-refractivity contribution in [2.75, 3.05) is 0 Å². The van der Waals surface area contributed by atoms with E-state index in [4.69, 9.17) is 0 Å². The largest absolute Gasteiger partial charge is 0.309 e. The zero-order chi connectivity index (χ0) is 36.7. The van der Waals surface area contributed by atoms with Crippen molar-refractivity contribution in [3.05, 3.63) is 206 Å². The number of nitrogens with zero attached hydrogens (tertiary/aromatic N) is 2. The molecule has 0 N–H and O–H groups in total. The lowest BCUT2D eigenvalue weighted by Gasteiger charge is -2.18. The Morgan fingerprint density at radius 3 is 1.32 bits per heavy atom. The molecule has 56 heavy (non-hydrogen) atoms. The van der Waals surface area contributed by atoms with Crippen LogP contribution in [0.15, 0.2) is 206 Å². The summed E-state index contributed by atoms with van der Waals surface area (Å²) >= 11 is 0. The van der Waals surface area contributed by atoms with Gasteiger partial charge < -0.3 is 9.13 Å². The van der Waals surface area contributed by atoms with E-state index in [0.717, 1.165) is 0 Å². The molecule has 0 saturated carbocycles. The molecule has 0 spiro atoms. The maximum absolute atomic E-state index is 2.49. The molecule has 0 aliphatic heterocycles. The normalized spacial score (nSPS) is 11.9. The van der Waals surface area contributed by atoms with Gasteiger partial charge in [0.1, 0.15) is 0 Å². The van der Waals surface area contributed by atoms with Crippen LogP contribution in [0, 0.1) is 0 Å². The molecule has 0 radical (unpaired) electrons. The molecular weight excluding hydrogens is 677 g/mol. The predicted octanol–water partition coefficient (Wildman–Crippen LogP) is 14.7. The maximum atomic E-state index is 2.49. The highest BCUT2D eigenvalue weighted by Crippen LogP contribution is 2.44. The number of aromatic nitrogens is 2. The summed E-state index contributed by atoms with van der Waals surface area (Å²) in [5.74, 6) is 0. The summed E-state index contributed by atoms with van der Waals surface area (Å²) in [6.45, 7) is 0. The van der Waals surface area contributed by atoms with E-state index in [2.05, 4.69) is 215 Å². The second-order valence-electron chi connectivity index (χ2n) is 14.8. The average molecular weight is 711 g/mol. The van der Waals surface area contributed by atoms with Crippen LogP contribution >= 0.6 is 0 Å². The zero-order valence-corrected chi connectivity index (χ0v) is 30.5. The monoisotopic (exact) mass is 710 g/mol. The van der Waals surface area contributed by atoms with Gasteiger partial charge in [-0.1, -0.05) is 152 Å². The van der Waals surface area contributed by atoms with Gasteiger partial charge in [-0.25, -0.2) is 0 Å². The van der Waals surface area contributed by atoms with Crippen LogP contribution in [-0.2, 0) is 0 Å². The van der Waals surface area contributed by atoms with E-state index in [9.17, 15) is 0 Å². The molecule has 0 unspecified atom stereocenters. The SMILES string of the molecule is c1ccc(-c2cccc3c4cccc(-n5c6ccccc6c6cc(-c7ccc8c(c7)c7ccccc7n8-c7ccccc7)ccc65)c4c4ccccc4c23)cc1. The first kappa shape index (κ1) is 31.0. The van der Waals surface area contributed by atoms with E-state index >= 15 is 0 Å². The Hall–Kier alpha value is -7.42. The molecule has 260 valence electrons. The predicted molar refractivity (Wildman–Crippen MR) is 239 cm³/mol. The smallest absolute Gasteiger partial charge is 0.0547 e. The van der Waals surface area contributed by atoms with Crippen molar-refractivity contribution >= 4 is 75.9 Å². The van der Waals surface area contributed by atoms with Gasteiger partial charge in [-0.2, -0.15) is 0 Å². The summed E-state index contributed by atoms with van der Waals surface area (Å²) in [5.41, 5.74) is 12.1. The summed E-state index contributed by atoms with van der Waals surface area (Å²) in [6.07, 6.45) is 0. The average Bonchev–Trinajstić information content (AvgIpc) is 3.79. The zero-order valence-electron chi connectivity index (χ0n) is 30.5. The van der Waals surface area contributed by atoms with E-state index in [1.807, 2.05) is 0 Å². The van der Waals surface area contributed by atoms with Crippen LogP contribution in [0.2, 0.25) is 0 Å². The fraction of sp³-hybridized carbons (Fsp3) is 0. The lowest BCUT2D eigenvalue weighted by molar-refractivity contribution is 1.18. The van der Waals surface area contributed by atoms with E-state index in [-0.39, 0.29) is 0 Å². The van der Waals surface area contributed by atoms with E-state index in [0.29, 0.717) is 0 Å². The highest BCUT2D eigenvalue weighted by atomic mass is 15.0. The van der Waals surface area contributed by atoms with Crippen LogP contribution in [0.1, 0.15) is 0 Å². The topological polar surface area (TPSA) is 9.86 Å². The molecule has 2 heteroatoms. The van der Waals surface area contributed by atoms with E-state index < -0.39 is 0 Å². The number of para-hydroxylation sites is 3. The Kier molecular flexibility index (Phi) is 6.66. The first-order valence-electron chi connectivity index (χ1n) is 19.4. The quantitative estimate of drug-likeness (QED) is 0.161. The Morgan fingerprint density at radius 1 is 0.250 bits per heavy atom. The van der Waals surface area contributed by atoms with Crippen molar-refractivity contribution in [3.63, 3.8) is 0 Å². The first-order chi connectivity index (χ1) is 27.8. The van der Waals surface area contributed by atoms with Gasteiger partial charge >= 0.3 is 0 Å². The molecule has 0 atom stereocenters. The number of fused-ring (bicyclic) bond motifs is 12. The van der Waals surface area contributed by atoms with Gasteiger partial charge in [-0.3, -0.25) is 0 Å². The van der Waals surface area contributed by atoms with Gasteiger partial charge in [0.25, 0.3) is 0 Å². The number of rotatable bonds is 4. The third-order valence-electron chi connectivity index (χ3n) is 11.9. The van der Waals surface area contributed by atoms with Gasteiger partial charge in [0.2, 0.25) is 0 Å². The molecule has 12 rings (SSSR count). The Balaban J connectivity index is 1.10. The van der Waals surface area contributed by atoms with Crippen LogP contribution in [0.25, 0.3) is 110 Å². The minimum atomic E-state index is 1.17. The highest BCUT2D eigenvalue weighted by molar-refractivity contribution is 6.30. The van der Waals surface area contributed by atoms with Crippen LogP contribution in [0.5, 0.6) is 0 Å². The summed E-state index contributed by atoms with van der Waals surface area (Å²) < 4.78 is 4.87. The van der Waals surface area contributed by atoms with E-state index in [1.165, 1.54) is 110 Å². The number of hydrogen-bond acceptors (Lipinski definition) is 0.